The maximum absolute atomic E-state index is 13.3. The molecule has 2 aliphatic rings. The van der Waals surface area contributed by atoms with E-state index in [1.807, 2.05) is 18.7 Å². The highest BCUT2D eigenvalue weighted by molar-refractivity contribution is 6.02. The molecular formula is C26H33N5O. The number of aromatic nitrogens is 2. The van der Waals surface area contributed by atoms with E-state index in [9.17, 15) is 4.79 Å². The van der Waals surface area contributed by atoms with Crippen LogP contribution in [0.2, 0.25) is 0 Å². The van der Waals surface area contributed by atoms with Gasteiger partial charge in [-0.15, -0.1) is 0 Å². The van der Waals surface area contributed by atoms with Gasteiger partial charge >= 0.3 is 0 Å². The van der Waals surface area contributed by atoms with Crippen LogP contribution in [-0.2, 0) is 4.79 Å². The molecule has 0 aliphatic carbocycles. The van der Waals surface area contributed by atoms with Crippen molar-refractivity contribution in [2.75, 3.05) is 37.6 Å². The second-order valence-corrected chi connectivity index (χ2v) is 9.52. The number of aromatic amines is 1. The average Bonchev–Trinajstić information content (AvgIpc) is 3.34. The number of fused-ring (bicyclic) bond motifs is 1. The second-order valence-electron chi connectivity index (χ2n) is 9.52. The Kier molecular flexibility index (Phi) is 5.51. The molecule has 3 aromatic rings. The lowest BCUT2D eigenvalue weighted by molar-refractivity contribution is -0.121. The van der Waals surface area contributed by atoms with Crippen molar-refractivity contribution in [3.8, 4) is 11.3 Å². The maximum atomic E-state index is 13.3. The highest BCUT2D eigenvalue weighted by atomic mass is 16.2. The Morgan fingerprint density at radius 2 is 1.75 bits per heavy atom. The number of hydrogen-bond donors (Lipinski definition) is 2. The van der Waals surface area contributed by atoms with E-state index in [1.165, 1.54) is 16.5 Å². The molecule has 32 heavy (non-hydrogen) atoms. The SMILES string of the molecule is Cc1cc(-c2[nH]c3ccc(N4CCC(N5CCNCC5)C4=O)cc3c2C(C)C)cc(C)n1. The zero-order valence-electron chi connectivity index (χ0n) is 19.5. The van der Waals surface area contributed by atoms with E-state index < -0.39 is 0 Å². The van der Waals surface area contributed by atoms with Crippen LogP contribution in [0, 0.1) is 13.8 Å². The van der Waals surface area contributed by atoms with Gasteiger partial charge in [0.05, 0.1) is 11.7 Å². The van der Waals surface area contributed by atoms with Gasteiger partial charge in [0, 0.05) is 66.3 Å². The zero-order chi connectivity index (χ0) is 22.4. The maximum Gasteiger partial charge on any atom is 0.244 e. The van der Waals surface area contributed by atoms with Gasteiger partial charge in [-0.2, -0.15) is 0 Å². The van der Waals surface area contributed by atoms with Crippen LogP contribution >= 0.6 is 0 Å². The fourth-order valence-corrected chi connectivity index (χ4v) is 5.43. The molecule has 0 saturated carbocycles. The van der Waals surface area contributed by atoms with E-state index in [1.54, 1.807) is 0 Å². The molecule has 4 heterocycles. The first-order valence-corrected chi connectivity index (χ1v) is 11.8. The number of nitrogens with zero attached hydrogens (tertiary/aromatic N) is 3. The van der Waals surface area contributed by atoms with E-state index >= 15 is 0 Å². The highest BCUT2D eigenvalue weighted by Gasteiger charge is 2.37. The van der Waals surface area contributed by atoms with E-state index in [0.717, 1.165) is 67.4 Å². The first kappa shape index (κ1) is 21.2. The lowest BCUT2D eigenvalue weighted by Crippen LogP contribution is -2.51. The molecule has 6 heteroatoms. The quantitative estimate of drug-likeness (QED) is 0.656. The van der Waals surface area contributed by atoms with E-state index in [0.29, 0.717) is 5.92 Å². The largest absolute Gasteiger partial charge is 0.354 e. The Morgan fingerprint density at radius 3 is 2.44 bits per heavy atom. The minimum absolute atomic E-state index is 0.0157. The Labute approximate surface area is 190 Å². The molecule has 1 aromatic carbocycles. The van der Waals surface area contributed by atoms with Crippen molar-refractivity contribution in [2.24, 2.45) is 0 Å². The monoisotopic (exact) mass is 431 g/mol. The molecule has 1 amide bonds. The lowest BCUT2D eigenvalue weighted by atomic mass is 9.95. The summed E-state index contributed by atoms with van der Waals surface area (Å²) in [5.41, 5.74) is 7.81. The van der Waals surface area contributed by atoms with Gasteiger partial charge in [0.2, 0.25) is 5.91 Å². The summed E-state index contributed by atoms with van der Waals surface area (Å²) in [4.78, 5) is 25.8. The van der Waals surface area contributed by atoms with Crippen molar-refractivity contribution in [1.82, 2.24) is 20.2 Å². The van der Waals surface area contributed by atoms with Crippen LogP contribution in [0.1, 0.15) is 43.1 Å². The molecule has 2 aromatic heterocycles. The Hall–Kier alpha value is -2.70. The van der Waals surface area contributed by atoms with Gasteiger partial charge in [-0.05, 0) is 62.1 Å². The van der Waals surface area contributed by atoms with Crippen molar-refractivity contribution < 1.29 is 4.79 Å². The van der Waals surface area contributed by atoms with Crippen LogP contribution in [0.25, 0.3) is 22.2 Å². The molecule has 0 bridgehead atoms. The van der Waals surface area contributed by atoms with Gasteiger partial charge < -0.3 is 15.2 Å². The van der Waals surface area contributed by atoms with Crippen LogP contribution in [-0.4, -0.2) is 59.5 Å². The van der Waals surface area contributed by atoms with Crippen LogP contribution in [0.3, 0.4) is 0 Å². The summed E-state index contributed by atoms with van der Waals surface area (Å²) in [6.07, 6.45) is 0.905. The molecule has 168 valence electrons. The Bertz CT molecular complexity index is 1140. The molecule has 6 nitrogen and oxygen atoms in total. The predicted octanol–water partition coefficient (Wildman–Crippen LogP) is 3.98. The number of benzene rings is 1. The minimum Gasteiger partial charge on any atom is -0.354 e. The number of H-pyrrole nitrogens is 1. The topological polar surface area (TPSA) is 64.3 Å². The van der Waals surface area contributed by atoms with Gasteiger partial charge in [0.15, 0.2) is 0 Å². The number of hydrogen-bond acceptors (Lipinski definition) is 4. The lowest BCUT2D eigenvalue weighted by Gasteiger charge is -2.31. The standard InChI is InChI=1S/C26H33N5O/c1-16(2)24-21-15-20(31-10-7-23(26(31)32)30-11-8-27-9-12-30)5-6-22(21)29-25(24)19-13-17(3)28-18(4)14-19/h5-6,13-16,23,27,29H,7-12H2,1-4H3. The molecule has 5 rings (SSSR count). The normalized spacial score (nSPS) is 20.1. The first-order valence-electron chi connectivity index (χ1n) is 11.8. The second kappa shape index (κ2) is 8.34. The predicted molar refractivity (Wildman–Crippen MR) is 130 cm³/mol. The van der Waals surface area contributed by atoms with E-state index in [4.69, 9.17) is 0 Å². The number of piperazine rings is 1. The molecule has 2 fully saturated rings. The molecular weight excluding hydrogens is 398 g/mol. The number of nitrogens with one attached hydrogen (secondary N) is 2. The van der Waals surface area contributed by atoms with Crippen molar-refractivity contribution >= 4 is 22.5 Å². The number of amides is 1. The van der Waals surface area contributed by atoms with Crippen molar-refractivity contribution in [1.29, 1.82) is 0 Å². The molecule has 0 radical (unpaired) electrons. The molecule has 0 spiro atoms. The smallest absolute Gasteiger partial charge is 0.244 e. The van der Waals surface area contributed by atoms with Crippen LogP contribution < -0.4 is 10.2 Å². The summed E-state index contributed by atoms with van der Waals surface area (Å²) < 4.78 is 0. The minimum atomic E-state index is 0.0157. The van der Waals surface area contributed by atoms with E-state index in [-0.39, 0.29) is 11.9 Å². The summed E-state index contributed by atoms with van der Waals surface area (Å²) in [6.45, 7) is 13.2. The van der Waals surface area contributed by atoms with Crippen molar-refractivity contribution in [2.45, 2.75) is 46.1 Å². The third-order valence-electron chi connectivity index (χ3n) is 6.85. The number of carbonyl (C=O) groups excluding carboxylic acids is 1. The summed E-state index contributed by atoms with van der Waals surface area (Å²) in [6, 6.07) is 10.7. The first-order chi connectivity index (χ1) is 15.4. The number of rotatable bonds is 4. The average molecular weight is 432 g/mol. The van der Waals surface area contributed by atoms with Crippen LogP contribution in [0.4, 0.5) is 5.69 Å². The highest BCUT2D eigenvalue weighted by Crippen LogP contribution is 2.38. The van der Waals surface area contributed by atoms with Crippen LogP contribution in [0.15, 0.2) is 30.3 Å². The molecule has 2 saturated heterocycles. The Balaban J connectivity index is 1.52. The van der Waals surface area contributed by atoms with Gasteiger partial charge in [0.25, 0.3) is 0 Å². The fraction of sp³-hybridized carbons (Fsp3) is 0.462. The third kappa shape index (κ3) is 3.71. The van der Waals surface area contributed by atoms with Gasteiger partial charge in [-0.25, -0.2) is 0 Å². The van der Waals surface area contributed by atoms with Gasteiger partial charge in [-0.1, -0.05) is 13.8 Å². The number of carbonyl (C=O) groups is 1. The van der Waals surface area contributed by atoms with E-state index in [2.05, 4.69) is 64.4 Å². The van der Waals surface area contributed by atoms with Crippen LogP contribution in [0.5, 0.6) is 0 Å². The number of pyridine rings is 1. The third-order valence-corrected chi connectivity index (χ3v) is 6.85. The summed E-state index contributed by atoms with van der Waals surface area (Å²) in [5.74, 6) is 0.596. The summed E-state index contributed by atoms with van der Waals surface area (Å²) in [7, 11) is 0. The van der Waals surface area contributed by atoms with Crippen molar-refractivity contribution in [3.63, 3.8) is 0 Å². The van der Waals surface area contributed by atoms with Gasteiger partial charge in [-0.3, -0.25) is 14.7 Å². The zero-order valence-corrected chi connectivity index (χ0v) is 19.5. The summed E-state index contributed by atoms with van der Waals surface area (Å²) >= 11 is 0. The Morgan fingerprint density at radius 1 is 1.03 bits per heavy atom. The number of aryl methyl sites for hydroxylation is 2. The fourth-order valence-electron chi connectivity index (χ4n) is 5.43. The number of anilines is 1. The molecule has 2 N–H and O–H groups in total. The summed E-state index contributed by atoms with van der Waals surface area (Å²) in [5, 5.41) is 4.59. The molecule has 1 unspecified atom stereocenters. The van der Waals surface area contributed by atoms with Crippen molar-refractivity contribution in [3.05, 3.63) is 47.3 Å². The molecule has 1 atom stereocenters. The van der Waals surface area contributed by atoms with Gasteiger partial charge in [0.1, 0.15) is 0 Å². The molecule has 2 aliphatic heterocycles.